The molecule has 0 saturated heterocycles. The van der Waals surface area contributed by atoms with Crippen molar-refractivity contribution in [2.45, 2.75) is 17.8 Å². The molecule has 1 heterocycles. The standard InChI is InChI=1S/C12H12N4O3S/c1-7-10(17)16(13)12(15-14-7)20-6-8-4-2-3-5-9(8)11(18)19/h2-5H,6,13H2,1H3,(H,18,19). The van der Waals surface area contributed by atoms with Gasteiger partial charge in [-0.05, 0) is 18.6 Å². The quantitative estimate of drug-likeness (QED) is 0.628. The SMILES string of the molecule is Cc1nnc(SCc2ccccc2C(=O)O)n(N)c1=O. The largest absolute Gasteiger partial charge is 0.478 e. The highest BCUT2D eigenvalue weighted by Gasteiger charge is 2.12. The fraction of sp³-hybridized carbons (Fsp3) is 0.167. The number of nitrogens with zero attached hydrogens (tertiary/aromatic N) is 3. The lowest BCUT2D eigenvalue weighted by molar-refractivity contribution is 0.0696. The molecule has 0 unspecified atom stereocenters. The molecule has 3 N–H and O–H groups in total. The van der Waals surface area contributed by atoms with E-state index in [-0.39, 0.29) is 16.4 Å². The molecule has 0 bridgehead atoms. The number of carbonyl (C=O) groups is 1. The number of aryl methyl sites for hydroxylation is 1. The van der Waals surface area contributed by atoms with E-state index in [0.717, 1.165) is 16.4 Å². The summed E-state index contributed by atoms with van der Waals surface area (Å²) in [4.78, 5) is 22.7. The Morgan fingerprint density at radius 1 is 1.40 bits per heavy atom. The van der Waals surface area contributed by atoms with Gasteiger partial charge >= 0.3 is 5.97 Å². The van der Waals surface area contributed by atoms with E-state index in [4.69, 9.17) is 10.9 Å². The molecule has 0 aliphatic heterocycles. The van der Waals surface area contributed by atoms with Gasteiger partial charge in [0.15, 0.2) is 0 Å². The summed E-state index contributed by atoms with van der Waals surface area (Å²) in [6.45, 7) is 1.52. The first-order valence-electron chi connectivity index (χ1n) is 5.66. The van der Waals surface area contributed by atoms with Gasteiger partial charge < -0.3 is 10.9 Å². The minimum atomic E-state index is -0.999. The Labute approximate surface area is 118 Å². The first kappa shape index (κ1) is 14.1. The summed E-state index contributed by atoms with van der Waals surface area (Å²) in [6, 6.07) is 6.63. The van der Waals surface area contributed by atoms with Crippen LogP contribution in [0.15, 0.2) is 34.2 Å². The van der Waals surface area contributed by atoms with E-state index in [1.807, 2.05) is 0 Å². The molecule has 2 aromatic rings. The maximum Gasteiger partial charge on any atom is 0.335 e. The summed E-state index contributed by atoms with van der Waals surface area (Å²) >= 11 is 1.16. The molecule has 104 valence electrons. The number of aromatic carboxylic acids is 1. The number of carboxylic acid groups (broad SMARTS) is 1. The van der Waals surface area contributed by atoms with E-state index >= 15 is 0 Å². The third-order valence-corrected chi connectivity index (χ3v) is 3.62. The van der Waals surface area contributed by atoms with Crippen LogP contribution in [-0.4, -0.2) is 25.9 Å². The summed E-state index contributed by atoms with van der Waals surface area (Å²) in [6.07, 6.45) is 0. The maximum absolute atomic E-state index is 11.6. The highest BCUT2D eigenvalue weighted by molar-refractivity contribution is 7.98. The van der Waals surface area contributed by atoms with Crippen molar-refractivity contribution in [2.75, 3.05) is 5.84 Å². The number of nitrogens with two attached hydrogens (primary N) is 1. The number of nitrogen functional groups attached to an aromatic ring is 1. The zero-order chi connectivity index (χ0) is 14.7. The van der Waals surface area contributed by atoms with Crippen molar-refractivity contribution in [1.82, 2.24) is 14.9 Å². The molecule has 1 aromatic heterocycles. The minimum Gasteiger partial charge on any atom is -0.478 e. The lowest BCUT2D eigenvalue weighted by atomic mass is 10.1. The van der Waals surface area contributed by atoms with Gasteiger partial charge in [0.2, 0.25) is 5.16 Å². The first-order valence-corrected chi connectivity index (χ1v) is 6.64. The lowest BCUT2D eigenvalue weighted by Crippen LogP contribution is -2.32. The molecule has 2 rings (SSSR count). The molecular formula is C12H12N4O3S. The predicted octanol–water partition coefficient (Wildman–Crippen LogP) is 0.651. The van der Waals surface area contributed by atoms with E-state index in [1.54, 1.807) is 18.2 Å². The monoisotopic (exact) mass is 292 g/mol. The summed E-state index contributed by atoms with van der Waals surface area (Å²) in [5.41, 5.74) is 0.627. The van der Waals surface area contributed by atoms with Crippen molar-refractivity contribution in [2.24, 2.45) is 0 Å². The molecule has 0 amide bonds. The van der Waals surface area contributed by atoms with Crippen LogP contribution in [0.5, 0.6) is 0 Å². The maximum atomic E-state index is 11.6. The minimum absolute atomic E-state index is 0.211. The van der Waals surface area contributed by atoms with Crippen LogP contribution in [-0.2, 0) is 5.75 Å². The zero-order valence-electron chi connectivity index (χ0n) is 10.6. The van der Waals surface area contributed by atoms with Crippen LogP contribution in [0.3, 0.4) is 0 Å². The zero-order valence-corrected chi connectivity index (χ0v) is 11.4. The normalized spacial score (nSPS) is 10.4. The average Bonchev–Trinajstić information content (AvgIpc) is 2.44. The molecular weight excluding hydrogens is 280 g/mol. The Bertz CT molecular complexity index is 714. The summed E-state index contributed by atoms with van der Waals surface area (Å²) < 4.78 is 0.913. The number of thioether (sulfide) groups is 1. The Hall–Kier alpha value is -2.35. The van der Waals surface area contributed by atoms with E-state index in [9.17, 15) is 9.59 Å². The lowest BCUT2D eigenvalue weighted by Gasteiger charge is -2.07. The third kappa shape index (κ3) is 2.80. The second-order valence-corrected chi connectivity index (χ2v) is 4.94. The van der Waals surface area contributed by atoms with Gasteiger partial charge in [-0.1, -0.05) is 30.0 Å². The van der Waals surface area contributed by atoms with Gasteiger partial charge in [0.05, 0.1) is 5.56 Å². The highest BCUT2D eigenvalue weighted by Crippen LogP contribution is 2.21. The molecule has 8 heteroatoms. The van der Waals surface area contributed by atoms with E-state index in [0.29, 0.717) is 11.3 Å². The van der Waals surface area contributed by atoms with Gasteiger partial charge in [-0.3, -0.25) is 4.79 Å². The number of carboxylic acids is 1. The third-order valence-electron chi connectivity index (χ3n) is 2.62. The smallest absolute Gasteiger partial charge is 0.335 e. The molecule has 7 nitrogen and oxygen atoms in total. The van der Waals surface area contributed by atoms with Gasteiger partial charge in [-0.25, -0.2) is 4.79 Å². The topological polar surface area (TPSA) is 111 Å². The first-order chi connectivity index (χ1) is 9.50. The highest BCUT2D eigenvalue weighted by atomic mass is 32.2. The average molecular weight is 292 g/mol. The van der Waals surface area contributed by atoms with Crippen molar-refractivity contribution < 1.29 is 9.90 Å². The Morgan fingerprint density at radius 3 is 2.80 bits per heavy atom. The molecule has 0 radical (unpaired) electrons. The van der Waals surface area contributed by atoms with Crippen molar-refractivity contribution in [3.8, 4) is 0 Å². The van der Waals surface area contributed by atoms with Crippen molar-refractivity contribution >= 4 is 17.7 Å². The fourth-order valence-corrected chi connectivity index (χ4v) is 2.42. The van der Waals surface area contributed by atoms with E-state index < -0.39 is 11.5 Å². The number of aromatic nitrogens is 3. The molecule has 20 heavy (non-hydrogen) atoms. The van der Waals surface area contributed by atoms with Crippen LogP contribution >= 0.6 is 11.8 Å². The summed E-state index contributed by atoms with van der Waals surface area (Å²) in [5, 5.41) is 16.9. The van der Waals surface area contributed by atoms with E-state index in [2.05, 4.69) is 10.2 Å². The number of hydrogen-bond donors (Lipinski definition) is 2. The van der Waals surface area contributed by atoms with Crippen LogP contribution in [0, 0.1) is 6.92 Å². The van der Waals surface area contributed by atoms with E-state index in [1.165, 1.54) is 13.0 Å². The van der Waals surface area contributed by atoms with Gasteiger partial charge in [0, 0.05) is 5.75 Å². The van der Waals surface area contributed by atoms with Crippen LogP contribution in [0.1, 0.15) is 21.6 Å². The molecule has 0 saturated carbocycles. The Morgan fingerprint density at radius 2 is 2.10 bits per heavy atom. The van der Waals surface area contributed by atoms with Crippen LogP contribution in [0.25, 0.3) is 0 Å². The Kier molecular flexibility index (Phi) is 4.04. The molecule has 0 spiro atoms. The Balaban J connectivity index is 2.24. The van der Waals surface area contributed by atoms with Crippen LogP contribution in [0.2, 0.25) is 0 Å². The van der Waals surface area contributed by atoms with Crippen LogP contribution < -0.4 is 11.4 Å². The molecule has 0 fully saturated rings. The second kappa shape index (κ2) is 5.74. The van der Waals surface area contributed by atoms with Crippen LogP contribution in [0.4, 0.5) is 0 Å². The summed E-state index contributed by atoms with van der Waals surface area (Å²) in [5.74, 6) is 4.94. The van der Waals surface area contributed by atoms with Crippen molar-refractivity contribution in [1.29, 1.82) is 0 Å². The van der Waals surface area contributed by atoms with Gasteiger partial charge in [0.1, 0.15) is 5.69 Å². The predicted molar refractivity (Wildman–Crippen MR) is 74.1 cm³/mol. The van der Waals surface area contributed by atoms with Gasteiger partial charge in [-0.2, -0.15) is 4.68 Å². The molecule has 0 atom stereocenters. The van der Waals surface area contributed by atoms with Crippen molar-refractivity contribution in [3.63, 3.8) is 0 Å². The molecule has 0 aliphatic rings. The number of benzene rings is 1. The van der Waals surface area contributed by atoms with Gasteiger partial charge in [0.25, 0.3) is 5.56 Å². The number of rotatable bonds is 4. The van der Waals surface area contributed by atoms with Crippen molar-refractivity contribution in [3.05, 3.63) is 51.4 Å². The van der Waals surface area contributed by atoms with Gasteiger partial charge in [-0.15, -0.1) is 10.2 Å². The summed E-state index contributed by atoms with van der Waals surface area (Å²) in [7, 11) is 0. The molecule has 1 aromatic carbocycles. The second-order valence-electron chi connectivity index (χ2n) is 3.99. The molecule has 0 aliphatic carbocycles. The number of hydrogen-bond acceptors (Lipinski definition) is 6. The fourth-order valence-electron chi connectivity index (χ4n) is 1.57.